The highest BCUT2D eigenvalue weighted by atomic mass is 16.2. The maximum absolute atomic E-state index is 11.0. The molecular weight excluding hydrogens is 220 g/mol. The van der Waals surface area contributed by atoms with Gasteiger partial charge in [-0.2, -0.15) is 0 Å². The minimum Gasteiger partial charge on any atom is -0.397 e. The van der Waals surface area contributed by atoms with Crippen LogP contribution >= 0.6 is 0 Å². The number of nitrogens with one attached hydrogen (secondary N) is 3. The Morgan fingerprint density at radius 3 is 2.53 bits per heavy atom. The quantitative estimate of drug-likeness (QED) is 0.476. The molecule has 17 heavy (non-hydrogen) atoms. The van der Waals surface area contributed by atoms with Crippen molar-refractivity contribution in [3.8, 4) is 0 Å². The standard InChI is InChI=1S/C9H12N4O2.C2H6/c1-11-9(15)13-8-4-6(12-5-14)2-3-7(8)10;1-2/h2-5H,10H2,1H3,(H,12,14)(H2,11,13,15);1-2H3. The Kier molecular flexibility index (Phi) is 6.92. The molecule has 0 aliphatic carbocycles. The van der Waals surface area contributed by atoms with Crippen molar-refractivity contribution in [2.24, 2.45) is 0 Å². The third-order valence-corrected chi connectivity index (χ3v) is 1.75. The summed E-state index contributed by atoms with van der Waals surface area (Å²) in [7, 11) is 1.50. The molecule has 0 aliphatic heterocycles. The molecule has 1 aromatic carbocycles. The van der Waals surface area contributed by atoms with Crippen molar-refractivity contribution in [2.75, 3.05) is 23.4 Å². The van der Waals surface area contributed by atoms with Crippen LogP contribution < -0.4 is 21.7 Å². The Labute approximate surface area is 101 Å². The molecular formula is C11H18N4O2. The monoisotopic (exact) mass is 238 g/mol. The molecule has 1 rings (SSSR count). The van der Waals surface area contributed by atoms with Crippen LogP contribution in [-0.2, 0) is 4.79 Å². The molecule has 94 valence electrons. The minimum absolute atomic E-state index is 0.370. The van der Waals surface area contributed by atoms with Gasteiger partial charge >= 0.3 is 6.03 Å². The summed E-state index contributed by atoms with van der Waals surface area (Å²) in [6, 6.07) is 4.43. The number of rotatable bonds is 3. The lowest BCUT2D eigenvalue weighted by Crippen LogP contribution is -2.25. The summed E-state index contributed by atoms with van der Waals surface area (Å²) in [5.74, 6) is 0. The van der Waals surface area contributed by atoms with Crippen LogP contribution in [-0.4, -0.2) is 19.5 Å². The van der Waals surface area contributed by atoms with Crippen LogP contribution in [0.3, 0.4) is 0 Å². The lowest BCUT2D eigenvalue weighted by Gasteiger charge is -2.09. The number of nitrogens with two attached hydrogens (primary N) is 1. The summed E-state index contributed by atoms with van der Waals surface area (Å²) in [4.78, 5) is 21.2. The molecule has 6 heteroatoms. The first-order chi connectivity index (χ1) is 8.17. The predicted molar refractivity (Wildman–Crippen MR) is 70.0 cm³/mol. The number of benzene rings is 1. The Morgan fingerprint density at radius 2 is 2.00 bits per heavy atom. The van der Waals surface area contributed by atoms with Crippen molar-refractivity contribution >= 4 is 29.5 Å². The highest BCUT2D eigenvalue weighted by Gasteiger charge is 2.03. The SMILES string of the molecule is CC.CNC(=O)Nc1cc(NC=O)ccc1N. The van der Waals surface area contributed by atoms with Crippen LogP contribution in [0.2, 0.25) is 0 Å². The molecule has 0 heterocycles. The fourth-order valence-corrected chi connectivity index (χ4v) is 1.01. The Hall–Kier alpha value is -2.24. The predicted octanol–water partition coefficient (Wildman–Crippen LogP) is 1.61. The molecule has 0 saturated carbocycles. The van der Waals surface area contributed by atoms with Gasteiger partial charge in [0, 0.05) is 12.7 Å². The van der Waals surface area contributed by atoms with Crippen molar-refractivity contribution in [3.63, 3.8) is 0 Å². The molecule has 0 aliphatic rings. The van der Waals surface area contributed by atoms with Crippen LogP contribution in [0.15, 0.2) is 18.2 Å². The minimum atomic E-state index is -0.370. The van der Waals surface area contributed by atoms with E-state index in [4.69, 9.17) is 5.73 Å². The fraction of sp³-hybridized carbons (Fsp3) is 0.273. The second-order valence-electron chi connectivity index (χ2n) is 2.77. The normalized spacial score (nSPS) is 8.41. The summed E-state index contributed by atoms with van der Waals surface area (Å²) in [5.41, 5.74) is 7.06. The first-order valence-electron chi connectivity index (χ1n) is 5.26. The van der Waals surface area contributed by atoms with Crippen molar-refractivity contribution in [2.45, 2.75) is 13.8 Å². The number of amides is 3. The van der Waals surface area contributed by atoms with E-state index < -0.39 is 0 Å². The van der Waals surface area contributed by atoms with Gasteiger partial charge in [0.15, 0.2) is 0 Å². The van der Waals surface area contributed by atoms with Gasteiger partial charge in [-0.05, 0) is 18.2 Å². The van der Waals surface area contributed by atoms with Crippen LogP contribution in [0.25, 0.3) is 0 Å². The van der Waals surface area contributed by atoms with E-state index >= 15 is 0 Å². The average molecular weight is 238 g/mol. The molecule has 0 fully saturated rings. The molecule has 0 radical (unpaired) electrons. The van der Waals surface area contributed by atoms with Crippen molar-refractivity contribution < 1.29 is 9.59 Å². The molecule has 0 spiro atoms. The van der Waals surface area contributed by atoms with Gasteiger partial charge in [-0.15, -0.1) is 0 Å². The van der Waals surface area contributed by atoms with Crippen molar-refractivity contribution in [3.05, 3.63) is 18.2 Å². The molecule has 0 bridgehead atoms. The van der Waals surface area contributed by atoms with E-state index in [1.807, 2.05) is 13.8 Å². The van der Waals surface area contributed by atoms with E-state index in [-0.39, 0.29) is 6.03 Å². The van der Waals surface area contributed by atoms with Crippen LogP contribution in [0.1, 0.15) is 13.8 Å². The maximum Gasteiger partial charge on any atom is 0.319 e. The van der Waals surface area contributed by atoms with Crippen molar-refractivity contribution in [1.29, 1.82) is 0 Å². The largest absolute Gasteiger partial charge is 0.397 e. The van der Waals surface area contributed by atoms with Crippen LogP contribution in [0, 0.1) is 0 Å². The first-order valence-corrected chi connectivity index (χ1v) is 5.26. The summed E-state index contributed by atoms with van der Waals surface area (Å²) in [5, 5.41) is 7.38. The average Bonchev–Trinajstić information content (AvgIpc) is 2.36. The van der Waals surface area contributed by atoms with E-state index in [1.165, 1.54) is 7.05 Å². The Morgan fingerprint density at radius 1 is 1.35 bits per heavy atom. The number of hydrogen-bond acceptors (Lipinski definition) is 3. The van der Waals surface area contributed by atoms with Crippen LogP contribution in [0.5, 0.6) is 0 Å². The number of nitrogen functional groups attached to an aromatic ring is 1. The van der Waals surface area contributed by atoms with Crippen LogP contribution in [0.4, 0.5) is 21.9 Å². The molecule has 0 saturated heterocycles. The van der Waals surface area contributed by atoms with Gasteiger partial charge in [0.25, 0.3) is 0 Å². The number of anilines is 3. The maximum atomic E-state index is 11.0. The number of carbonyl (C=O) groups excluding carboxylic acids is 2. The molecule has 3 amide bonds. The van der Waals surface area contributed by atoms with Gasteiger partial charge in [0.05, 0.1) is 11.4 Å². The topological polar surface area (TPSA) is 96.2 Å². The molecule has 1 aromatic rings. The molecule has 0 atom stereocenters. The van der Waals surface area contributed by atoms with E-state index in [2.05, 4.69) is 16.0 Å². The Bertz CT molecular complexity index is 380. The zero-order valence-electron chi connectivity index (χ0n) is 10.2. The van der Waals surface area contributed by atoms with E-state index in [9.17, 15) is 9.59 Å². The lowest BCUT2D eigenvalue weighted by molar-refractivity contribution is -0.105. The number of hydrogen-bond donors (Lipinski definition) is 4. The second-order valence-corrected chi connectivity index (χ2v) is 2.77. The number of carbonyl (C=O) groups is 2. The third-order valence-electron chi connectivity index (χ3n) is 1.75. The van der Waals surface area contributed by atoms with Gasteiger partial charge < -0.3 is 21.7 Å². The highest BCUT2D eigenvalue weighted by Crippen LogP contribution is 2.22. The van der Waals surface area contributed by atoms with Crippen molar-refractivity contribution in [1.82, 2.24) is 5.32 Å². The van der Waals surface area contributed by atoms with E-state index in [1.54, 1.807) is 18.2 Å². The van der Waals surface area contributed by atoms with Gasteiger partial charge in [-0.1, -0.05) is 13.8 Å². The van der Waals surface area contributed by atoms with E-state index in [0.717, 1.165) is 0 Å². The molecule has 0 unspecified atom stereocenters. The first kappa shape index (κ1) is 14.8. The summed E-state index contributed by atoms with van der Waals surface area (Å²) >= 11 is 0. The molecule has 6 nitrogen and oxygen atoms in total. The highest BCUT2D eigenvalue weighted by molar-refractivity contribution is 5.93. The zero-order chi connectivity index (χ0) is 13.3. The van der Waals surface area contributed by atoms with Gasteiger partial charge in [0.2, 0.25) is 6.41 Å². The Balaban J connectivity index is 0.00000121. The smallest absolute Gasteiger partial charge is 0.319 e. The van der Waals surface area contributed by atoms with Gasteiger partial charge in [-0.3, -0.25) is 4.79 Å². The number of urea groups is 1. The van der Waals surface area contributed by atoms with E-state index in [0.29, 0.717) is 23.5 Å². The third kappa shape index (κ3) is 4.87. The fourth-order valence-electron chi connectivity index (χ4n) is 1.01. The molecule has 5 N–H and O–H groups in total. The second kappa shape index (κ2) is 7.98. The summed E-state index contributed by atoms with van der Waals surface area (Å²) < 4.78 is 0. The zero-order valence-corrected chi connectivity index (χ0v) is 10.2. The van der Waals surface area contributed by atoms with Gasteiger partial charge in [-0.25, -0.2) is 4.79 Å². The summed E-state index contributed by atoms with van der Waals surface area (Å²) in [6.07, 6.45) is 0.551. The lowest BCUT2D eigenvalue weighted by atomic mass is 10.2. The van der Waals surface area contributed by atoms with Gasteiger partial charge in [0.1, 0.15) is 0 Å². The molecule has 0 aromatic heterocycles. The summed E-state index contributed by atoms with van der Waals surface area (Å²) in [6.45, 7) is 4.00.